The first-order chi connectivity index (χ1) is 9.72. The monoisotopic (exact) mass is 274 g/mol. The summed E-state index contributed by atoms with van der Waals surface area (Å²) in [6.07, 6.45) is -2.09. The minimum Gasteiger partial charge on any atom is -0.351 e. The molecule has 0 amide bonds. The molecule has 3 rings (SSSR count). The maximum absolute atomic E-state index is 13.3. The number of pyridine rings is 1. The Hall–Kier alpha value is -1.97. The van der Waals surface area contributed by atoms with Crippen LogP contribution in [0.5, 0.6) is 0 Å². The zero-order valence-corrected chi connectivity index (χ0v) is 11.0. The van der Waals surface area contributed by atoms with Gasteiger partial charge in [0.2, 0.25) is 0 Å². The van der Waals surface area contributed by atoms with Crippen molar-refractivity contribution in [1.82, 2.24) is 4.98 Å². The van der Waals surface area contributed by atoms with Crippen molar-refractivity contribution in [3.8, 4) is 0 Å². The van der Waals surface area contributed by atoms with Crippen LogP contribution >= 0.6 is 0 Å². The lowest BCUT2D eigenvalue weighted by molar-refractivity contribution is 0.217. The van der Waals surface area contributed by atoms with Crippen LogP contribution < -0.4 is 4.90 Å². The lowest BCUT2D eigenvalue weighted by Crippen LogP contribution is -2.21. The smallest absolute Gasteiger partial charge is 0.150 e. The first-order valence-electron chi connectivity index (χ1n) is 6.75. The first-order valence-corrected chi connectivity index (χ1v) is 6.75. The number of alkyl halides is 2. The predicted molar refractivity (Wildman–Crippen MR) is 75.5 cm³/mol. The topological polar surface area (TPSA) is 16.1 Å². The van der Waals surface area contributed by atoms with Crippen LogP contribution in [0.1, 0.15) is 11.3 Å². The number of nitrogens with zero attached hydrogens (tertiary/aromatic N) is 2. The van der Waals surface area contributed by atoms with E-state index in [0.29, 0.717) is 5.82 Å². The number of benzene rings is 1. The van der Waals surface area contributed by atoms with Gasteiger partial charge in [0, 0.05) is 12.1 Å². The van der Waals surface area contributed by atoms with Crippen LogP contribution in [0.3, 0.4) is 0 Å². The van der Waals surface area contributed by atoms with Gasteiger partial charge >= 0.3 is 0 Å². The van der Waals surface area contributed by atoms with E-state index in [2.05, 4.69) is 4.98 Å². The lowest BCUT2D eigenvalue weighted by atomic mass is 10.1. The normalized spacial score (nSPS) is 22.2. The van der Waals surface area contributed by atoms with Gasteiger partial charge in [0.05, 0.1) is 13.1 Å². The van der Waals surface area contributed by atoms with E-state index in [1.54, 1.807) is 11.0 Å². The molecule has 0 N–H and O–H groups in total. The summed E-state index contributed by atoms with van der Waals surface area (Å²) in [5, 5.41) is 0. The van der Waals surface area contributed by atoms with E-state index >= 15 is 0 Å². The molecular weight excluding hydrogens is 258 g/mol. The molecule has 0 saturated carbocycles. The molecule has 0 radical (unpaired) electrons. The van der Waals surface area contributed by atoms with Crippen LogP contribution in [0.4, 0.5) is 14.6 Å². The second-order valence-electron chi connectivity index (χ2n) is 5.09. The second-order valence-corrected chi connectivity index (χ2v) is 5.09. The van der Waals surface area contributed by atoms with E-state index in [1.165, 1.54) is 5.56 Å². The number of rotatable bonds is 3. The quantitative estimate of drug-likeness (QED) is 0.854. The molecular formula is C16H16F2N2. The molecule has 2 unspecified atom stereocenters. The highest BCUT2D eigenvalue weighted by Gasteiger charge is 2.33. The molecule has 1 aromatic carbocycles. The maximum atomic E-state index is 13.3. The van der Waals surface area contributed by atoms with Crippen LogP contribution in [0, 0.1) is 0 Å². The van der Waals surface area contributed by atoms with E-state index in [0.717, 1.165) is 12.1 Å². The Kier molecular flexibility index (Phi) is 3.63. The second kappa shape index (κ2) is 5.57. The van der Waals surface area contributed by atoms with Gasteiger partial charge in [0.1, 0.15) is 5.82 Å². The van der Waals surface area contributed by atoms with E-state index in [-0.39, 0.29) is 13.1 Å². The van der Waals surface area contributed by atoms with Gasteiger partial charge < -0.3 is 4.90 Å². The van der Waals surface area contributed by atoms with Gasteiger partial charge in [-0.25, -0.2) is 13.8 Å². The van der Waals surface area contributed by atoms with Crippen molar-refractivity contribution >= 4 is 5.82 Å². The van der Waals surface area contributed by atoms with Crippen LogP contribution in [-0.4, -0.2) is 30.4 Å². The Morgan fingerprint density at radius 1 is 0.950 bits per heavy atom. The fourth-order valence-corrected chi connectivity index (χ4v) is 2.46. The molecule has 1 fully saturated rings. The third-order valence-corrected chi connectivity index (χ3v) is 3.53. The largest absolute Gasteiger partial charge is 0.351 e. The fourth-order valence-electron chi connectivity index (χ4n) is 2.46. The van der Waals surface area contributed by atoms with Crippen molar-refractivity contribution in [2.45, 2.75) is 18.8 Å². The van der Waals surface area contributed by atoms with Crippen molar-refractivity contribution in [2.75, 3.05) is 18.0 Å². The fraction of sp³-hybridized carbons (Fsp3) is 0.312. The van der Waals surface area contributed by atoms with Crippen LogP contribution in [-0.2, 0) is 6.42 Å². The van der Waals surface area contributed by atoms with Gasteiger partial charge in [-0.2, -0.15) is 0 Å². The zero-order valence-electron chi connectivity index (χ0n) is 11.0. The average molecular weight is 274 g/mol. The van der Waals surface area contributed by atoms with Crippen molar-refractivity contribution in [2.24, 2.45) is 0 Å². The van der Waals surface area contributed by atoms with E-state index < -0.39 is 12.3 Å². The molecule has 104 valence electrons. The molecule has 2 nitrogen and oxygen atoms in total. The van der Waals surface area contributed by atoms with Crippen LogP contribution in [0.2, 0.25) is 0 Å². The summed E-state index contributed by atoms with van der Waals surface area (Å²) in [5.74, 6) is 0.654. The van der Waals surface area contributed by atoms with Gasteiger partial charge in [0.15, 0.2) is 12.3 Å². The number of hydrogen-bond donors (Lipinski definition) is 0. The Balaban J connectivity index is 1.77. The van der Waals surface area contributed by atoms with Gasteiger partial charge in [0.25, 0.3) is 0 Å². The van der Waals surface area contributed by atoms with Crippen LogP contribution in [0.25, 0.3) is 0 Å². The highest BCUT2D eigenvalue weighted by atomic mass is 19.2. The lowest BCUT2D eigenvalue weighted by Gasteiger charge is -2.16. The van der Waals surface area contributed by atoms with Crippen molar-refractivity contribution in [3.63, 3.8) is 0 Å². The Bertz CT molecular complexity index is 564. The molecule has 2 aromatic rings. The molecule has 1 aliphatic heterocycles. The first kappa shape index (κ1) is 13.0. The molecule has 0 spiro atoms. The Morgan fingerprint density at radius 2 is 1.65 bits per heavy atom. The third-order valence-electron chi connectivity index (χ3n) is 3.53. The van der Waals surface area contributed by atoms with Crippen molar-refractivity contribution in [3.05, 3.63) is 59.8 Å². The SMILES string of the molecule is FC1CN(c2cccc(Cc3ccccc3)n2)CC1F. The Labute approximate surface area is 117 Å². The summed E-state index contributed by atoms with van der Waals surface area (Å²) < 4.78 is 26.5. The minimum atomic E-state index is -1.41. The van der Waals surface area contributed by atoms with Crippen molar-refractivity contribution < 1.29 is 8.78 Å². The number of hydrogen-bond acceptors (Lipinski definition) is 2. The highest BCUT2D eigenvalue weighted by molar-refractivity contribution is 5.42. The van der Waals surface area contributed by atoms with Gasteiger partial charge in [-0.1, -0.05) is 36.4 Å². The molecule has 0 aliphatic carbocycles. The van der Waals surface area contributed by atoms with Gasteiger partial charge in [-0.05, 0) is 17.7 Å². The van der Waals surface area contributed by atoms with Gasteiger partial charge in [-0.15, -0.1) is 0 Å². The molecule has 0 bridgehead atoms. The molecule has 1 saturated heterocycles. The zero-order chi connectivity index (χ0) is 13.9. The Morgan fingerprint density at radius 3 is 2.35 bits per heavy atom. The standard InChI is InChI=1S/C16H16F2N2/c17-14-10-20(11-15(14)18)16-8-4-7-13(19-16)9-12-5-2-1-3-6-12/h1-8,14-15H,9-11H2. The third kappa shape index (κ3) is 2.79. The van der Waals surface area contributed by atoms with E-state index in [1.807, 2.05) is 42.5 Å². The van der Waals surface area contributed by atoms with E-state index in [9.17, 15) is 8.78 Å². The van der Waals surface area contributed by atoms with E-state index in [4.69, 9.17) is 0 Å². The predicted octanol–water partition coefficient (Wildman–Crippen LogP) is 3.17. The number of halogens is 2. The van der Waals surface area contributed by atoms with Crippen molar-refractivity contribution in [1.29, 1.82) is 0 Å². The molecule has 1 aliphatic rings. The van der Waals surface area contributed by atoms with Crippen LogP contribution in [0.15, 0.2) is 48.5 Å². The molecule has 4 heteroatoms. The summed E-state index contributed by atoms with van der Waals surface area (Å²) >= 11 is 0. The van der Waals surface area contributed by atoms with Gasteiger partial charge in [-0.3, -0.25) is 0 Å². The average Bonchev–Trinajstić information content (AvgIpc) is 2.80. The molecule has 20 heavy (non-hydrogen) atoms. The molecule has 1 aromatic heterocycles. The number of anilines is 1. The maximum Gasteiger partial charge on any atom is 0.150 e. The summed E-state index contributed by atoms with van der Waals surface area (Å²) in [4.78, 5) is 6.18. The number of aromatic nitrogens is 1. The summed E-state index contributed by atoms with van der Waals surface area (Å²) in [6.45, 7) is 0.173. The summed E-state index contributed by atoms with van der Waals surface area (Å²) in [7, 11) is 0. The summed E-state index contributed by atoms with van der Waals surface area (Å²) in [5.41, 5.74) is 2.08. The highest BCUT2D eigenvalue weighted by Crippen LogP contribution is 2.23. The summed E-state index contributed by atoms with van der Waals surface area (Å²) in [6, 6.07) is 15.7. The molecule has 2 heterocycles. The minimum absolute atomic E-state index is 0.0863. The molecule has 2 atom stereocenters.